The first-order chi connectivity index (χ1) is 11.2. The molecule has 1 amide bonds. The molecule has 5 nitrogen and oxygen atoms in total. The van der Waals surface area contributed by atoms with Crippen molar-refractivity contribution < 1.29 is 19.1 Å². The van der Waals surface area contributed by atoms with Crippen molar-refractivity contribution >= 4 is 11.9 Å². The van der Waals surface area contributed by atoms with Crippen LogP contribution in [0.15, 0.2) is 42.5 Å². The van der Waals surface area contributed by atoms with Gasteiger partial charge in [0.25, 0.3) is 0 Å². The van der Waals surface area contributed by atoms with Crippen LogP contribution in [0.4, 0.5) is 0 Å². The summed E-state index contributed by atoms with van der Waals surface area (Å²) in [6.07, 6.45) is 5.30. The molecule has 0 aliphatic carbocycles. The van der Waals surface area contributed by atoms with Crippen molar-refractivity contribution in [2.24, 2.45) is 0 Å². The van der Waals surface area contributed by atoms with Crippen molar-refractivity contribution in [2.45, 2.75) is 37.8 Å². The van der Waals surface area contributed by atoms with Crippen molar-refractivity contribution in [3.8, 4) is 0 Å². The molecule has 0 bridgehead atoms. The molecule has 0 unspecified atom stereocenters. The first-order valence-corrected chi connectivity index (χ1v) is 7.88. The average Bonchev–Trinajstić information content (AvgIpc) is 2.55. The Labute approximate surface area is 136 Å². The number of amides is 1. The van der Waals surface area contributed by atoms with Gasteiger partial charge in [0.1, 0.15) is 6.10 Å². The fraction of sp³-hybridized carbons (Fsp3) is 0.444. The number of hydrogen-bond donors (Lipinski definition) is 1. The van der Waals surface area contributed by atoms with Gasteiger partial charge in [-0.3, -0.25) is 9.59 Å². The minimum absolute atomic E-state index is 0.0748. The maximum Gasteiger partial charge on any atom is 0.306 e. The van der Waals surface area contributed by atoms with Gasteiger partial charge >= 0.3 is 5.97 Å². The molecule has 0 saturated heterocycles. The quantitative estimate of drug-likeness (QED) is 0.687. The maximum absolute atomic E-state index is 12.1. The number of allylic oxidation sites excluding steroid dienone is 2. The van der Waals surface area contributed by atoms with E-state index < -0.39 is 12.1 Å². The normalized spacial score (nSPS) is 24.7. The second-order valence-electron chi connectivity index (χ2n) is 5.50. The standard InChI is InChI=1S/C18H23NO4/c1-22-13-15-18(14-9-5-4-6-10-14)23-17(21)12-8-3-2-7-11-16(20)19-15/h2-6,9-10,15,18H,7-8,11-13H2,1H3,(H,19,20)/b3-2+/t15-,18-/m0/s1. The summed E-state index contributed by atoms with van der Waals surface area (Å²) < 4.78 is 10.9. The highest BCUT2D eigenvalue weighted by molar-refractivity contribution is 5.76. The highest BCUT2D eigenvalue weighted by Crippen LogP contribution is 2.23. The van der Waals surface area contributed by atoms with Gasteiger partial charge in [-0.15, -0.1) is 0 Å². The third-order valence-corrected chi connectivity index (χ3v) is 3.66. The molecule has 1 aromatic rings. The van der Waals surface area contributed by atoms with Gasteiger partial charge < -0.3 is 14.8 Å². The van der Waals surface area contributed by atoms with Crippen molar-refractivity contribution in [1.82, 2.24) is 5.32 Å². The predicted molar refractivity (Wildman–Crippen MR) is 86.7 cm³/mol. The van der Waals surface area contributed by atoms with Crippen molar-refractivity contribution in [3.05, 3.63) is 48.0 Å². The first-order valence-electron chi connectivity index (χ1n) is 7.88. The summed E-state index contributed by atoms with van der Waals surface area (Å²) in [5, 5.41) is 2.93. The van der Waals surface area contributed by atoms with Gasteiger partial charge in [-0.1, -0.05) is 42.5 Å². The lowest BCUT2D eigenvalue weighted by atomic mass is 10.0. The smallest absolute Gasteiger partial charge is 0.306 e. The molecule has 0 spiro atoms. The molecular formula is C18H23NO4. The van der Waals surface area contributed by atoms with Crippen LogP contribution in [0.2, 0.25) is 0 Å². The van der Waals surface area contributed by atoms with E-state index in [0.717, 1.165) is 5.56 Å². The molecule has 1 N–H and O–H groups in total. The van der Waals surface area contributed by atoms with Gasteiger partial charge in [-0.25, -0.2) is 0 Å². The van der Waals surface area contributed by atoms with Crippen molar-refractivity contribution in [1.29, 1.82) is 0 Å². The van der Waals surface area contributed by atoms with E-state index in [1.165, 1.54) is 0 Å². The molecule has 0 aromatic heterocycles. The van der Waals surface area contributed by atoms with E-state index in [1.54, 1.807) is 7.11 Å². The monoisotopic (exact) mass is 317 g/mol. The van der Waals surface area contributed by atoms with Crippen molar-refractivity contribution in [3.63, 3.8) is 0 Å². The second kappa shape index (κ2) is 9.10. The number of cyclic esters (lactones) is 1. The van der Waals surface area contributed by atoms with E-state index in [4.69, 9.17) is 9.47 Å². The van der Waals surface area contributed by atoms with E-state index in [0.29, 0.717) is 25.7 Å². The third-order valence-electron chi connectivity index (χ3n) is 3.66. The summed E-state index contributed by atoms with van der Waals surface area (Å²) in [4.78, 5) is 24.2. The molecule has 2 atom stereocenters. The van der Waals surface area contributed by atoms with E-state index in [2.05, 4.69) is 5.32 Å². The number of esters is 1. The van der Waals surface area contributed by atoms with Crippen LogP contribution >= 0.6 is 0 Å². The number of ether oxygens (including phenoxy) is 2. The number of nitrogens with one attached hydrogen (secondary N) is 1. The van der Waals surface area contributed by atoms with Gasteiger partial charge in [0.05, 0.1) is 12.6 Å². The largest absolute Gasteiger partial charge is 0.455 e. The zero-order valence-electron chi connectivity index (χ0n) is 13.4. The summed E-state index contributed by atoms with van der Waals surface area (Å²) in [6, 6.07) is 9.02. The topological polar surface area (TPSA) is 64.6 Å². The molecule has 23 heavy (non-hydrogen) atoms. The SMILES string of the molecule is COC[C@@H]1NC(=O)CC/C=C/CCC(=O)O[C@H]1c1ccccc1. The van der Waals surface area contributed by atoms with Crippen molar-refractivity contribution in [2.75, 3.05) is 13.7 Å². The van der Waals surface area contributed by atoms with E-state index in [1.807, 2.05) is 42.5 Å². The number of carbonyl (C=O) groups excluding carboxylic acids is 2. The van der Waals surface area contributed by atoms with Crippen LogP contribution in [0.3, 0.4) is 0 Å². The van der Waals surface area contributed by atoms with Crippen LogP contribution in [-0.2, 0) is 19.1 Å². The Hall–Kier alpha value is -2.14. The zero-order chi connectivity index (χ0) is 16.5. The first kappa shape index (κ1) is 17.2. The molecule has 1 aliphatic heterocycles. The molecule has 124 valence electrons. The summed E-state index contributed by atoms with van der Waals surface area (Å²) >= 11 is 0. The molecule has 0 saturated carbocycles. The van der Waals surface area contributed by atoms with Gasteiger partial charge in [-0.2, -0.15) is 0 Å². The Morgan fingerprint density at radius 1 is 1.13 bits per heavy atom. The minimum Gasteiger partial charge on any atom is -0.455 e. The van der Waals surface area contributed by atoms with Gasteiger partial charge in [-0.05, 0) is 18.4 Å². The number of methoxy groups -OCH3 is 1. The Bertz CT molecular complexity index is 541. The summed E-state index contributed by atoms with van der Waals surface area (Å²) in [7, 11) is 1.56. The highest BCUT2D eigenvalue weighted by atomic mass is 16.5. The zero-order valence-corrected chi connectivity index (χ0v) is 13.4. The number of carbonyl (C=O) groups is 2. The van der Waals surface area contributed by atoms with Gasteiger partial charge in [0, 0.05) is 20.0 Å². The lowest BCUT2D eigenvalue weighted by Crippen LogP contribution is -2.43. The molecule has 0 radical (unpaired) electrons. The molecular weight excluding hydrogens is 294 g/mol. The van der Waals surface area contributed by atoms with Crippen LogP contribution < -0.4 is 5.32 Å². The molecule has 5 heteroatoms. The van der Waals surface area contributed by atoms with E-state index in [9.17, 15) is 9.59 Å². The van der Waals surface area contributed by atoms with Crippen LogP contribution in [0.1, 0.15) is 37.4 Å². The average molecular weight is 317 g/mol. The second-order valence-corrected chi connectivity index (χ2v) is 5.50. The predicted octanol–water partition coefficient (Wildman–Crippen LogP) is 2.53. The third kappa shape index (κ3) is 5.53. The molecule has 1 aromatic carbocycles. The molecule has 2 rings (SSSR count). The Kier molecular flexibility index (Phi) is 6.81. The summed E-state index contributed by atoms with van der Waals surface area (Å²) in [5.41, 5.74) is 0.843. The van der Waals surface area contributed by atoms with E-state index in [-0.39, 0.29) is 18.5 Å². The van der Waals surface area contributed by atoms with Crippen LogP contribution in [-0.4, -0.2) is 31.6 Å². The maximum atomic E-state index is 12.1. The molecule has 1 aliphatic rings. The molecule has 1 heterocycles. The van der Waals surface area contributed by atoms with Gasteiger partial charge in [0.2, 0.25) is 5.91 Å². The number of benzene rings is 1. The van der Waals surface area contributed by atoms with Crippen LogP contribution in [0.25, 0.3) is 0 Å². The minimum atomic E-state index is -0.559. The van der Waals surface area contributed by atoms with Crippen LogP contribution in [0, 0.1) is 0 Å². The Morgan fingerprint density at radius 2 is 1.83 bits per heavy atom. The van der Waals surface area contributed by atoms with Crippen LogP contribution in [0.5, 0.6) is 0 Å². The fourth-order valence-corrected chi connectivity index (χ4v) is 2.54. The Balaban J connectivity index is 2.26. The highest BCUT2D eigenvalue weighted by Gasteiger charge is 2.28. The Morgan fingerprint density at radius 3 is 2.52 bits per heavy atom. The number of hydrogen-bond acceptors (Lipinski definition) is 4. The lowest BCUT2D eigenvalue weighted by molar-refractivity contribution is -0.153. The summed E-state index contributed by atoms with van der Waals surface area (Å²) in [6.45, 7) is 0.272. The molecule has 0 fully saturated rings. The fourth-order valence-electron chi connectivity index (χ4n) is 2.54. The van der Waals surface area contributed by atoms with Gasteiger partial charge in [0.15, 0.2) is 0 Å². The van der Waals surface area contributed by atoms with E-state index >= 15 is 0 Å². The lowest BCUT2D eigenvalue weighted by Gasteiger charge is -2.28. The summed E-state index contributed by atoms with van der Waals surface area (Å²) in [5.74, 6) is -0.353. The number of rotatable bonds is 3.